The number of aliphatic hydroxyl groups is 1. The molecule has 1 atom stereocenters. The van der Waals surface area contributed by atoms with E-state index < -0.39 is 5.60 Å². The Balaban J connectivity index is 1.56. The van der Waals surface area contributed by atoms with Crippen molar-refractivity contribution in [1.82, 2.24) is 10.2 Å². The second-order valence-corrected chi connectivity index (χ2v) is 7.40. The van der Waals surface area contributed by atoms with Gasteiger partial charge in [-0.25, -0.2) is 4.79 Å². The molecule has 2 N–H and O–H groups in total. The normalized spacial score (nSPS) is 17.8. The van der Waals surface area contributed by atoms with E-state index in [4.69, 9.17) is 16.0 Å². The molecule has 2 amide bonds. The molecule has 0 bridgehead atoms. The highest BCUT2D eigenvalue weighted by molar-refractivity contribution is 6.33. The number of likely N-dealkylation sites (tertiary alicyclic amines) is 1. The predicted octanol–water partition coefficient (Wildman–Crippen LogP) is 3.90. The van der Waals surface area contributed by atoms with E-state index in [9.17, 15) is 9.90 Å². The molecule has 0 saturated carbocycles. The van der Waals surface area contributed by atoms with Crippen LogP contribution in [0.5, 0.6) is 0 Å². The first kappa shape index (κ1) is 17.8. The summed E-state index contributed by atoms with van der Waals surface area (Å²) < 4.78 is 5.78. The number of carbonyl (C=O) groups is 1. The maximum absolute atomic E-state index is 12.3. The van der Waals surface area contributed by atoms with Gasteiger partial charge in [0.25, 0.3) is 0 Å². The first-order chi connectivity index (χ1) is 11.8. The zero-order valence-electron chi connectivity index (χ0n) is 14.5. The fraction of sp³-hybridized carbons (Fsp3) is 0.421. The number of amides is 2. The van der Waals surface area contributed by atoms with E-state index in [0.29, 0.717) is 36.2 Å². The Morgan fingerprint density at radius 1 is 1.36 bits per heavy atom. The van der Waals surface area contributed by atoms with Crippen LogP contribution >= 0.6 is 11.6 Å². The van der Waals surface area contributed by atoms with E-state index in [0.717, 1.165) is 12.0 Å². The quantitative estimate of drug-likeness (QED) is 0.866. The third-order valence-electron chi connectivity index (χ3n) is 4.69. The van der Waals surface area contributed by atoms with Crippen LogP contribution in [0.4, 0.5) is 4.79 Å². The fourth-order valence-electron chi connectivity index (χ4n) is 3.07. The van der Waals surface area contributed by atoms with Crippen molar-refractivity contribution in [2.75, 3.05) is 13.1 Å². The van der Waals surface area contributed by atoms with Gasteiger partial charge in [0.2, 0.25) is 0 Å². The van der Waals surface area contributed by atoms with E-state index >= 15 is 0 Å². The van der Waals surface area contributed by atoms with Crippen LogP contribution < -0.4 is 5.32 Å². The number of benzene rings is 1. The summed E-state index contributed by atoms with van der Waals surface area (Å²) in [6.45, 7) is 5.12. The predicted molar refractivity (Wildman–Crippen MR) is 97.4 cm³/mol. The minimum Gasteiger partial charge on any atom is -0.459 e. The summed E-state index contributed by atoms with van der Waals surface area (Å²) in [5.41, 5.74) is 0.0641. The molecule has 1 saturated heterocycles. The van der Waals surface area contributed by atoms with Gasteiger partial charge in [-0.3, -0.25) is 0 Å². The van der Waals surface area contributed by atoms with Crippen LogP contribution in [0.1, 0.15) is 26.0 Å². The Morgan fingerprint density at radius 3 is 2.80 bits per heavy atom. The molecule has 134 valence electrons. The van der Waals surface area contributed by atoms with Gasteiger partial charge in [0.15, 0.2) is 0 Å². The van der Waals surface area contributed by atoms with Crippen molar-refractivity contribution < 1.29 is 14.3 Å². The van der Waals surface area contributed by atoms with Crippen LogP contribution in [0.25, 0.3) is 11.3 Å². The van der Waals surface area contributed by atoms with Gasteiger partial charge in [0.05, 0.1) is 17.2 Å². The molecule has 1 aromatic heterocycles. The van der Waals surface area contributed by atoms with Crippen molar-refractivity contribution in [1.29, 1.82) is 0 Å². The third-order valence-corrected chi connectivity index (χ3v) is 5.02. The third kappa shape index (κ3) is 4.17. The monoisotopic (exact) mass is 362 g/mol. The zero-order valence-corrected chi connectivity index (χ0v) is 15.2. The largest absolute Gasteiger partial charge is 0.459 e. The maximum atomic E-state index is 12.3. The van der Waals surface area contributed by atoms with Crippen LogP contribution in [0.15, 0.2) is 40.8 Å². The van der Waals surface area contributed by atoms with Crippen LogP contribution in [-0.4, -0.2) is 34.7 Å². The summed E-state index contributed by atoms with van der Waals surface area (Å²) in [5, 5.41) is 13.6. The number of nitrogens with zero attached hydrogens (tertiary/aromatic N) is 1. The van der Waals surface area contributed by atoms with Crippen molar-refractivity contribution in [2.24, 2.45) is 5.92 Å². The van der Waals surface area contributed by atoms with Gasteiger partial charge in [0.1, 0.15) is 11.5 Å². The average Bonchev–Trinajstić information content (AvgIpc) is 3.22. The second-order valence-electron chi connectivity index (χ2n) is 6.99. The number of halogens is 1. The number of hydrogen-bond acceptors (Lipinski definition) is 3. The van der Waals surface area contributed by atoms with Crippen molar-refractivity contribution >= 4 is 17.6 Å². The second kappa shape index (κ2) is 7.10. The van der Waals surface area contributed by atoms with Crippen molar-refractivity contribution in [2.45, 2.75) is 32.4 Å². The molecule has 0 unspecified atom stereocenters. The van der Waals surface area contributed by atoms with Gasteiger partial charge in [0, 0.05) is 24.6 Å². The molecular weight excluding hydrogens is 340 g/mol. The van der Waals surface area contributed by atoms with Crippen molar-refractivity contribution in [3.63, 3.8) is 0 Å². The lowest BCUT2D eigenvalue weighted by Crippen LogP contribution is -2.40. The summed E-state index contributed by atoms with van der Waals surface area (Å²) in [4.78, 5) is 14.0. The number of urea groups is 1. The van der Waals surface area contributed by atoms with E-state index in [-0.39, 0.29) is 11.9 Å². The lowest BCUT2D eigenvalue weighted by Gasteiger charge is -2.25. The number of hydrogen-bond donors (Lipinski definition) is 2. The fourth-order valence-corrected chi connectivity index (χ4v) is 3.30. The van der Waals surface area contributed by atoms with Gasteiger partial charge >= 0.3 is 6.03 Å². The zero-order chi connectivity index (χ0) is 18.0. The molecule has 0 spiro atoms. The molecule has 1 aliphatic heterocycles. The van der Waals surface area contributed by atoms with Crippen LogP contribution in [0.2, 0.25) is 5.02 Å². The van der Waals surface area contributed by atoms with Gasteiger partial charge in [-0.15, -0.1) is 0 Å². The molecule has 1 aliphatic rings. The Kier molecular flexibility index (Phi) is 5.06. The van der Waals surface area contributed by atoms with E-state index in [1.54, 1.807) is 18.7 Å². The smallest absolute Gasteiger partial charge is 0.317 e. The summed E-state index contributed by atoms with van der Waals surface area (Å²) in [6.07, 6.45) is 0.814. The first-order valence-corrected chi connectivity index (χ1v) is 8.81. The number of rotatable bonds is 4. The lowest BCUT2D eigenvalue weighted by molar-refractivity contribution is 0.0225. The Morgan fingerprint density at radius 2 is 2.12 bits per heavy atom. The van der Waals surface area contributed by atoms with Crippen molar-refractivity contribution in [3.8, 4) is 11.3 Å². The molecule has 3 rings (SSSR count). The summed E-state index contributed by atoms with van der Waals surface area (Å²) in [7, 11) is 0. The summed E-state index contributed by atoms with van der Waals surface area (Å²) in [6, 6.07) is 11.0. The standard InChI is InChI=1S/C19H23ClN2O3/c1-19(2,24)13-9-10-22(12-13)18(23)21-11-14-7-8-17(25-14)15-5-3-4-6-16(15)20/h3-8,13,24H,9-12H2,1-2H3,(H,21,23)/t13-/m0/s1. The first-order valence-electron chi connectivity index (χ1n) is 8.43. The van der Waals surface area contributed by atoms with Crippen LogP contribution in [0.3, 0.4) is 0 Å². The molecule has 5 nitrogen and oxygen atoms in total. The molecular formula is C19H23ClN2O3. The molecule has 1 aromatic carbocycles. The lowest BCUT2D eigenvalue weighted by atomic mass is 9.91. The average molecular weight is 363 g/mol. The number of nitrogens with one attached hydrogen (secondary N) is 1. The molecule has 0 radical (unpaired) electrons. The van der Waals surface area contributed by atoms with E-state index in [1.165, 1.54) is 0 Å². The Labute approximate surface area is 152 Å². The topological polar surface area (TPSA) is 65.7 Å². The summed E-state index contributed by atoms with van der Waals surface area (Å²) >= 11 is 6.18. The highest BCUT2D eigenvalue weighted by Crippen LogP contribution is 2.29. The van der Waals surface area contributed by atoms with Crippen LogP contribution in [-0.2, 0) is 6.54 Å². The van der Waals surface area contributed by atoms with Gasteiger partial charge in [-0.05, 0) is 44.5 Å². The van der Waals surface area contributed by atoms with Gasteiger partial charge in [-0.2, -0.15) is 0 Å². The number of furan rings is 1. The minimum absolute atomic E-state index is 0.105. The molecule has 2 aromatic rings. The SMILES string of the molecule is CC(C)(O)[C@H]1CCN(C(=O)NCc2ccc(-c3ccccc3Cl)o2)C1. The minimum atomic E-state index is -0.764. The van der Waals surface area contributed by atoms with E-state index in [2.05, 4.69) is 5.32 Å². The Bertz CT molecular complexity index is 751. The Hall–Kier alpha value is -1.98. The highest BCUT2D eigenvalue weighted by Gasteiger charge is 2.35. The molecule has 2 heterocycles. The molecule has 0 aliphatic carbocycles. The van der Waals surface area contributed by atoms with Gasteiger partial charge in [-0.1, -0.05) is 23.7 Å². The van der Waals surface area contributed by atoms with E-state index in [1.807, 2.05) is 36.4 Å². The maximum Gasteiger partial charge on any atom is 0.317 e. The molecule has 6 heteroatoms. The molecule has 25 heavy (non-hydrogen) atoms. The highest BCUT2D eigenvalue weighted by atomic mass is 35.5. The summed E-state index contributed by atoms with van der Waals surface area (Å²) in [5.74, 6) is 1.45. The molecule has 1 fully saturated rings. The van der Waals surface area contributed by atoms with Crippen LogP contribution in [0, 0.1) is 5.92 Å². The van der Waals surface area contributed by atoms with Crippen molar-refractivity contribution in [3.05, 3.63) is 47.2 Å². The van der Waals surface area contributed by atoms with Gasteiger partial charge < -0.3 is 19.7 Å². The number of carbonyl (C=O) groups excluding carboxylic acids is 1.